The van der Waals surface area contributed by atoms with Gasteiger partial charge in [0.25, 0.3) is 0 Å². The second-order valence-electron chi connectivity index (χ2n) is 5.22. The van der Waals surface area contributed by atoms with Gasteiger partial charge in [0.15, 0.2) is 12.4 Å². The van der Waals surface area contributed by atoms with Crippen LogP contribution in [0.2, 0.25) is 0 Å². The first-order valence-electron chi connectivity index (χ1n) is 7.34. The summed E-state index contributed by atoms with van der Waals surface area (Å²) in [4.78, 5) is 11.5. The summed E-state index contributed by atoms with van der Waals surface area (Å²) in [6.07, 6.45) is 2.18. The Hall–Kier alpha value is -1.83. The van der Waals surface area contributed by atoms with Crippen LogP contribution in [0, 0.1) is 11.8 Å². The Morgan fingerprint density at radius 3 is 2.81 bits per heavy atom. The van der Waals surface area contributed by atoms with Gasteiger partial charge >= 0.3 is 5.97 Å². The maximum Gasteiger partial charge on any atom is 0.309 e. The van der Waals surface area contributed by atoms with Crippen molar-refractivity contribution in [1.82, 2.24) is 0 Å². The van der Waals surface area contributed by atoms with Crippen LogP contribution in [0.3, 0.4) is 0 Å². The Labute approximate surface area is 124 Å². The van der Waals surface area contributed by atoms with Crippen molar-refractivity contribution in [1.29, 1.82) is 0 Å². The zero-order chi connectivity index (χ0) is 14.5. The van der Waals surface area contributed by atoms with Crippen LogP contribution in [0.4, 0.5) is 0 Å². The molecule has 0 spiro atoms. The van der Waals surface area contributed by atoms with E-state index in [0.29, 0.717) is 6.61 Å². The molecule has 3 atom stereocenters. The number of benzene rings is 1. The number of carbonyl (C=O) groups is 1. The smallest absolute Gasteiger partial charge is 0.309 e. The highest BCUT2D eigenvalue weighted by Gasteiger charge is 2.36. The molecule has 21 heavy (non-hydrogen) atoms. The third-order valence-electron chi connectivity index (χ3n) is 3.56. The zero-order valence-corrected chi connectivity index (χ0v) is 11.8. The van der Waals surface area contributed by atoms with E-state index in [1.54, 1.807) is 0 Å². The van der Waals surface area contributed by atoms with Crippen LogP contribution < -0.4 is 0 Å². The second kappa shape index (κ2) is 6.75. The predicted octanol–water partition coefficient (Wildman–Crippen LogP) is 2.27. The number of esters is 1. The van der Waals surface area contributed by atoms with E-state index in [-0.39, 0.29) is 24.8 Å². The maximum absolute atomic E-state index is 11.5. The Balaban J connectivity index is 1.65. The highest BCUT2D eigenvalue weighted by Crippen LogP contribution is 2.23. The highest BCUT2D eigenvalue weighted by molar-refractivity contribution is 5.73. The van der Waals surface area contributed by atoms with E-state index in [1.165, 1.54) is 0 Å². The molecule has 1 unspecified atom stereocenters. The summed E-state index contributed by atoms with van der Waals surface area (Å²) < 4.78 is 16.6. The topological polar surface area (TPSA) is 44.8 Å². The molecule has 0 N–H and O–H groups in total. The van der Waals surface area contributed by atoms with Gasteiger partial charge in [-0.15, -0.1) is 0 Å². The lowest BCUT2D eigenvalue weighted by Gasteiger charge is -2.26. The average Bonchev–Trinajstić information content (AvgIpc) is 2.87. The summed E-state index contributed by atoms with van der Waals surface area (Å²) in [5, 5.41) is 0. The Bertz CT molecular complexity index is 537. The van der Waals surface area contributed by atoms with Gasteiger partial charge in [-0.05, 0) is 31.4 Å². The van der Waals surface area contributed by atoms with Crippen molar-refractivity contribution in [2.75, 3.05) is 6.61 Å². The standard InChI is InChI=1S/C17H18O4/c18-16-12-15(21-17-8-4-5-11-19-17)14(20-16)10-9-13-6-2-1-3-7-13/h1-3,6-7,14-15,17H,4-5,8,11-12H2/t14-,15-,17?/m0/s1. The van der Waals surface area contributed by atoms with E-state index in [1.807, 2.05) is 30.3 Å². The van der Waals surface area contributed by atoms with Gasteiger partial charge in [-0.25, -0.2) is 0 Å². The molecule has 0 aromatic heterocycles. The molecule has 2 aliphatic heterocycles. The first kappa shape index (κ1) is 14.1. The van der Waals surface area contributed by atoms with Crippen LogP contribution >= 0.6 is 0 Å². The molecule has 1 aromatic carbocycles. The molecule has 1 aromatic rings. The molecule has 0 bridgehead atoms. The minimum Gasteiger partial charge on any atom is -0.446 e. The summed E-state index contributed by atoms with van der Waals surface area (Å²) in [6.45, 7) is 0.715. The van der Waals surface area contributed by atoms with Crippen molar-refractivity contribution < 1.29 is 19.0 Å². The third-order valence-corrected chi connectivity index (χ3v) is 3.56. The summed E-state index contributed by atoms with van der Waals surface area (Å²) in [6, 6.07) is 9.63. The lowest BCUT2D eigenvalue weighted by molar-refractivity contribution is -0.192. The predicted molar refractivity (Wildman–Crippen MR) is 76.3 cm³/mol. The van der Waals surface area contributed by atoms with Crippen molar-refractivity contribution in [3.63, 3.8) is 0 Å². The normalized spacial score (nSPS) is 28.6. The fraction of sp³-hybridized carbons (Fsp3) is 0.471. The van der Waals surface area contributed by atoms with Crippen molar-refractivity contribution in [3.05, 3.63) is 35.9 Å². The van der Waals surface area contributed by atoms with Crippen LogP contribution in [0.5, 0.6) is 0 Å². The van der Waals surface area contributed by atoms with E-state index in [9.17, 15) is 4.79 Å². The molecule has 2 heterocycles. The number of hydrogen-bond acceptors (Lipinski definition) is 4. The molecular formula is C17H18O4. The summed E-state index contributed by atoms with van der Waals surface area (Å²) >= 11 is 0. The number of ether oxygens (including phenoxy) is 3. The molecule has 2 aliphatic rings. The Morgan fingerprint density at radius 1 is 1.19 bits per heavy atom. The maximum atomic E-state index is 11.5. The van der Waals surface area contributed by atoms with Crippen molar-refractivity contribution in [3.8, 4) is 11.8 Å². The van der Waals surface area contributed by atoms with Crippen molar-refractivity contribution >= 4 is 5.97 Å². The van der Waals surface area contributed by atoms with E-state index < -0.39 is 6.10 Å². The quantitative estimate of drug-likeness (QED) is 0.618. The highest BCUT2D eigenvalue weighted by atomic mass is 16.7. The van der Waals surface area contributed by atoms with Gasteiger partial charge in [-0.3, -0.25) is 4.79 Å². The molecule has 2 fully saturated rings. The Kier molecular flexibility index (Phi) is 4.54. The minimum absolute atomic E-state index is 0.237. The average molecular weight is 286 g/mol. The first-order chi connectivity index (χ1) is 10.3. The summed E-state index contributed by atoms with van der Waals surface area (Å²) in [5.41, 5.74) is 0.896. The molecule has 0 amide bonds. The SMILES string of the molecule is O=C1C[C@H](OC2CCCCO2)[C@H](C#Cc2ccccc2)O1. The van der Waals surface area contributed by atoms with Gasteiger partial charge < -0.3 is 14.2 Å². The van der Waals surface area contributed by atoms with Gasteiger partial charge in [0, 0.05) is 12.2 Å². The fourth-order valence-electron chi connectivity index (χ4n) is 2.47. The van der Waals surface area contributed by atoms with Gasteiger partial charge in [0.2, 0.25) is 0 Å². The molecule has 0 aliphatic carbocycles. The van der Waals surface area contributed by atoms with Crippen molar-refractivity contribution in [2.24, 2.45) is 0 Å². The molecule has 110 valence electrons. The number of cyclic esters (lactones) is 1. The van der Waals surface area contributed by atoms with Gasteiger partial charge in [-0.2, -0.15) is 0 Å². The minimum atomic E-state index is -0.511. The van der Waals surface area contributed by atoms with Crippen LogP contribution in [-0.4, -0.2) is 31.1 Å². The van der Waals surface area contributed by atoms with Crippen molar-refractivity contribution in [2.45, 2.75) is 44.2 Å². The van der Waals surface area contributed by atoms with E-state index in [0.717, 1.165) is 24.8 Å². The molecule has 0 saturated carbocycles. The van der Waals surface area contributed by atoms with E-state index in [2.05, 4.69) is 11.8 Å². The molecule has 2 saturated heterocycles. The second-order valence-corrected chi connectivity index (χ2v) is 5.22. The van der Waals surface area contributed by atoms with Gasteiger partial charge in [-0.1, -0.05) is 30.0 Å². The van der Waals surface area contributed by atoms with Crippen LogP contribution in [0.25, 0.3) is 0 Å². The molecular weight excluding hydrogens is 268 g/mol. The summed E-state index contributed by atoms with van der Waals surface area (Å²) in [7, 11) is 0. The Morgan fingerprint density at radius 2 is 2.05 bits per heavy atom. The molecule has 0 radical (unpaired) electrons. The lowest BCUT2D eigenvalue weighted by atomic mass is 10.1. The van der Waals surface area contributed by atoms with Gasteiger partial charge in [0.05, 0.1) is 6.42 Å². The lowest BCUT2D eigenvalue weighted by Crippen LogP contribution is -2.32. The molecule has 4 heteroatoms. The number of rotatable bonds is 2. The van der Waals surface area contributed by atoms with Crippen LogP contribution in [-0.2, 0) is 19.0 Å². The molecule has 4 nitrogen and oxygen atoms in total. The monoisotopic (exact) mass is 286 g/mol. The fourth-order valence-corrected chi connectivity index (χ4v) is 2.47. The molecule has 3 rings (SSSR count). The van der Waals surface area contributed by atoms with Crippen LogP contribution in [0.1, 0.15) is 31.2 Å². The van der Waals surface area contributed by atoms with Crippen LogP contribution in [0.15, 0.2) is 30.3 Å². The van der Waals surface area contributed by atoms with E-state index in [4.69, 9.17) is 14.2 Å². The third kappa shape index (κ3) is 3.84. The number of carbonyl (C=O) groups excluding carboxylic acids is 1. The zero-order valence-electron chi connectivity index (χ0n) is 11.8. The number of hydrogen-bond donors (Lipinski definition) is 0. The largest absolute Gasteiger partial charge is 0.446 e. The van der Waals surface area contributed by atoms with Gasteiger partial charge in [0.1, 0.15) is 6.10 Å². The first-order valence-corrected chi connectivity index (χ1v) is 7.34. The van der Waals surface area contributed by atoms with E-state index >= 15 is 0 Å². The summed E-state index contributed by atoms with van der Waals surface area (Å²) in [5.74, 6) is 5.76.